The molecule has 1 aromatic carbocycles. The van der Waals surface area contributed by atoms with Crippen molar-refractivity contribution >= 4 is 11.8 Å². The Balaban J connectivity index is 2.10. The summed E-state index contributed by atoms with van der Waals surface area (Å²) in [5.74, 6) is 0.937. The number of benzene rings is 1. The molecule has 0 saturated heterocycles. The van der Waals surface area contributed by atoms with Gasteiger partial charge in [0.2, 0.25) is 0 Å². The van der Waals surface area contributed by atoms with Gasteiger partial charge in [0.05, 0.1) is 0 Å². The molecule has 0 aliphatic rings. The van der Waals surface area contributed by atoms with Crippen LogP contribution >= 0.6 is 11.8 Å². The minimum atomic E-state index is 0.334. The average molecular weight is 276 g/mol. The topological polar surface area (TPSA) is 53.6 Å². The molecule has 1 aromatic heterocycles. The van der Waals surface area contributed by atoms with Crippen LogP contribution in [0.3, 0.4) is 0 Å². The number of aromatic nitrogens is 3. The number of hydrogen-bond acceptors (Lipinski definition) is 4. The lowest BCUT2D eigenvalue weighted by atomic mass is 10.0. The maximum absolute atomic E-state index is 4.15. The Morgan fingerprint density at radius 1 is 1.37 bits per heavy atom. The van der Waals surface area contributed by atoms with Crippen molar-refractivity contribution in [1.82, 2.24) is 20.5 Å². The molecule has 0 fully saturated rings. The van der Waals surface area contributed by atoms with E-state index in [2.05, 4.69) is 59.5 Å². The van der Waals surface area contributed by atoms with E-state index in [1.54, 1.807) is 18.1 Å². The molecule has 0 aliphatic carbocycles. The van der Waals surface area contributed by atoms with Crippen LogP contribution in [0.15, 0.2) is 29.7 Å². The zero-order valence-corrected chi connectivity index (χ0v) is 12.4. The Morgan fingerprint density at radius 3 is 2.84 bits per heavy atom. The summed E-state index contributed by atoms with van der Waals surface area (Å²) in [7, 11) is 0. The minimum absolute atomic E-state index is 0.334. The van der Waals surface area contributed by atoms with E-state index >= 15 is 0 Å². The largest absolute Gasteiger partial charge is 0.309 e. The standard InChI is InChI=1S/C14H20N4S/c1-4-15-13(8-19-14-16-9-17-18-14)12-6-5-10(2)7-11(12)3/h5-7,9,13,15H,4,8H2,1-3H3,(H,16,17,18). The second-order valence-corrected chi connectivity index (χ2v) is 5.58. The molecule has 1 heterocycles. The molecular weight excluding hydrogens is 256 g/mol. The van der Waals surface area contributed by atoms with Gasteiger partial charge in [-0.15, -0.1) is 0 Å². The monoisotopic (exact) mass is 276 g/mol. The van der Waals surface area contributed by atoms with E-state index < -0.39 is 0 Å². The first-order valence-corrected chi connectivity index (χ1v) is 7.48. The highest BCUT2D eigenvalue weighted by Crippen LogP contribution is 2.25. The van der Waals surface area contributed by atoms with E-state index in [1.807, 2.05) is 0 Å². The van der Waals surface area contributed by atoms with Crippen molar-refractivity contribution in [1.29, 1.82) is 0 Å². The maximum Gasteiger partial charge on any atom is 0.183 e. The Bertz CT molecular complexity index is 510. The first kappa shape index (κ1) is 14.1. The van der Waals surface area contributed by atoms with Gasteiger partial charge in [0.25, 0.3) is 0 Å². The summed E-state index contributed by atoms with van der Waals surface area (Å²) in [6.07, 6.45) is 1.54. The van der Waals surface area contributed by atoms with Crippen LogP contribution in [0.2, 0.25) is 0 Å². The highest BCUT2D eigenvalue weighted by atomic mass is 32.2. The number of nitrogens with zero attached hydrogens (tertiary/aromatic N) is 2. The third kappa shape index (κ3) is 3.81. The highest BCUT2D eigenvalue weighted by molar-refractivity contribution is 7.99. The molecule has 19 heavy (non-hydrogen) atoms. The van der Waals surface area contributed by atoms with Crippen LogP contribution in [-0.4, -0.2) is 27.5 Å². The summed E-state index contributed by atoms with van der Waals surface area (Å²) in [6.45, 7) is 7.39. The lowest BCUT2D eigenvalue weighted by Crippen LogP contribution is -2.23. The van der Waals surface area contributed by atoms with E-state index in [4.69, 9.17) is 0 Å². The molecule has 0 radical (unpaired) electrons. The summed E-state index contributed by atoms with van der Waals surface area (Å²) in [4.78, 5) is 4.15. The maximum atomic E-state index is 4.15. The van der Waals surface area contributed by atoms with Crippen LogP contribution in [0.5, 0.6) is 0 Å². The molecule has 102 valence electrons. The molecule has 4 nitrogen and oxygen atoms in total. The summed E-state index contributed by atoms with van der Waals surface area (Å²) < 4.78 is 0. The highest BCUT2D eigenvalue weighted by Gasteiger charge is 2.14. The van der Waals surface area contributed by atoms with Crippen LogP contribution in [0, 0.1) is 13.8 Å². The number of hydrogen-bond donors (Lipinski definition) is 2. The van der Waals surface area contributed by atoms with Gasteiger partial charge >= 0.3 is 0 Å². The SMILES string of the molecule is CCNC(CSc1ncn[nH]1)c1ccc(C)cc1C. The minimum Gasteiger partial charge on any atom is -0.309 e. The molecule has 2 rings (SSSR count). The molecule has 0 saturated carbocycles. The Hall–Kier alpha value is -1.33. The third-order valence-electron chi connectivity index (χ3n) is 3.03. The van der Waals surface area contributed by atoms with E-state index in [-0.39, 0.29) is 0 Å². The van der Waals surface area contributed by atoms with Crippen molar-refractivity contribution in [3.05, 3.63) is 41.2 Å². The first-order chi connectivity index (χ1) is 9.20. The number of thioether (sulfide) groups is 1. The van der Waals surface area contributed by atoms with E-state index in [1.165, 1.54) is 16.7 Å². The van der Waals surface area contributed by atoms with Gasteiger partial charge in [0.15, 0.2) is 5.16 Å². The Morgan fingerprint density at radius 2 is 2.21 bits per heavy atom. The van der Waals surface area contributed by atoms with Crippen molar-refractivity contribution in [3.8, 4) is 0 Å². The molecule has 1 atom stereocenters. The predicted molar refractivity (Wildman–Crippen MR) is 79.4 cm³/mol. The molecule has 2 aromatic rings. The van der Waals surface area contributed by atoms with Gasteiger partial charge in [0.1, 0.15) is 6.33 Å². The number of H-pyrrole nitrogens is 1. The van der Waals surface area contributed by atoms with Gasteiger partial charge in [-0.3, -0.25) is 5.10 Å². The quantitative estimate of drug-likeness (QED) is 0.797. The fraction of sp³-hybridized carbons (Fsp3) is 0.429. The molecule has 0 amide bonds. The Labute approximate surface area is 118 Å². The lowest BCUT2D eigenvalue weighted by Gasteiger charge is -2.20. The first-order valence-electron chi connectivity index (χ1n) is 6.49. The van der Waals surface area contributed by atoms with Crippen molar-refractivity contribution in [3.63, 3.8) is 0 Å². The molecular formula is C14H20N4S. The number of aryl methyl sites for hydroxylation is 2. The fourth-order valence-electron chi connectivity index (χ4n) is 2.15. The lowest BCUT2D eigenvalue weighted by molar-refractivity contribution is 0.602. The van der Waals surface area contributed by atoms with Crippen LogP contribution in [0.4, 0.5) is 0 Å². The van der Waals surface area contributed by atoms with E-state index in [9.17, 15) is 0 Å². The van der Waals surface area contributed by atoms with Crippen molar-refractivity contribution in [2.75, 3.05) is 12.3 Å². The van der Waals surface area contributed by atoms with Crippen LogP contribution in [0.25, 0.3) is 0 Å². The molecule has 2 N–H and O–H groups in total. The van der Waals surface area contributed by atoms with Crippen molar-refractivity contribution in [2.45, 2.75) is 32.0 Å². The predicted octanol–water partition coefficient (Wildman–Crippen LogP) is 2.86. The number of aromatic amines is 1. The van der Waals surface area contributed by atoms with Gasteiger partial charge in [0, 0.05) is 11.8 Å². The summed E-state index contributed by atoms with van der Waals surface area (Å²) in [6, 6.07) is 6.96. The summed E-state index contributed by atoms with van der Waals surface area (Å²) in [5.41, 5.74) is 4.00. The number of nitrogens with one attached hydrogen (secondary N) is 2. The molecule has 0 aliphatic heterocycles. The molecule has 0 spiro atoms. The smallest absolute Gasteiger partial charge is 0.183 e. The molecule has 1 unspecified atom stereocenters. The van der Waals surface area contributed by atoms with E-state index in [0.29, 0.717) is 6.04 Å². The second kappa shape index (κ2) is 6.73. The summed E-state index contributed by atoms with van der Waals surface area (Å²) >= 11 is 1.69. The van der Waals surface area contributed by atoms with Gasteiger partial charge in [-0.05, 0) is 31.5 Å². The van der Waals surface area contributed by atoms with Gasteiger partial charge in [-0.1, -0.05) is 42.4 Å². The van der Waals surface area contributed by atoms with Crippen LogP contribution in [0.1, 0.15) is 29.7 Å². The fourth-order valence-corrected chi connectivity index (χ4v) is 3.01. The molecule has 0 bridgehead atoms. The van der Waals surface area contributed by atoms with Crippen LogP contribution in [-0.2, 0) is 0 Å². The van der Waals surface area contributed by atoms with Crippen molar-refractivity contribution < 1.29 is 0 Å². The number of rotatable bonds is 6. The average Bonchev–Trinajstić information content (AvgIpc) is 2.88. The zero-order chi connectivity index (χ0) is 13.7. The van der Waals surface area contributed by atoms with Crippen LogP contribution < -0.4 is 5.32 Å². The second-order valence-electron chi connectivity index (χ2n) is 4.57. The van der Waals surface area contributed by atoms with Gasteiger partial charge < -0.3 is 5.32 Å². The molecule has 5 heteroatoms. The normalized spacial score (nSPS) is 12.6. The van der Waals surface area contributed by atoms with E-state index in [0.717, 1.165) is 17.5 Å². The summed E-state index contributed by atoms with van der Waals surface area (Å²) in [5, 5.41) is 11.2. The zero-order valence-electron chi connectivity index (χ0n) is 11.6. The third-order valence-corrected chi connectivity index (χ3v) is 4.00. The van der Waals surface area contributed by atoms with Crippen molar-refractivity contribution in [2.24, 2.45) is 0 Å². The van der Waals surface area contributed by atoms with Gasteiger partial charge in [-0.2, -0.15) is 5.10 Å². The van der Waals surface area contributed by atoms with Gasteiger partial charge in [-0.25, -0.2) is 4.98 Å². The Kier molecular flexibility index (Phi) is 4.99.